The molecule has 0 aliphatic heterocycles. The highest BCUT2D eigenvalue weighted by atomic mass is 16.1. The first-order valence-electron chi connectivity index (χ1n) is 7.62. The summed E-state index contributed by atoms with van der Waals surface area (Å²) in [6, 6.07) is 7.99. The Morgan fingerprint density at radius 2 is 2.14 bits per heavy atom. The Morgan fingerprint density at radius 3 is 2.95 bits per heavy atom. The highest BCUT2D eigenvalue weighted by Crippen LogP contribution is 2.22. The Bertz CT molecular complexity index is 649. The molecule has 2 aromatic rings. The van der Waals surface area contributed by atoms with Crippen LogP contribution < -0.4 is 11.1 Å². The molecule has 1 aromatic carbocycles. The van der Waals surface area contributed by atoms with Gasteiger partial charge < -0.3 is 11.1 Å². The minimum absolute atomic E-state index is 0.107. The number of carbonyl (C=O) groups excluding carboxylic acids is 1. The first-order chi connectivity index (χ1) is 10.2. The van der Waals surface area contributed by atoms with Crippen molar-refractivity contribution in [2.24, 2.45) is 18.7 Å². The molecule has 21 heavy (non-hydrogen) atoms. The molecule has 0 bridgehead atoms. The van der Waals surface area contributed by atoms with Crippen LogP contribution in [-0.2, 0) is 7.05 Å². The number of carbonyl (C=O) groups is 1. The van der Waals surface area contributed by atoms with Gasteiger partial charge in [-0.1, -0.05) is 31.0 Å². The molecule has 0 radical (unpaired) electrons. The van der Waals surface area contributed by atoms with E-state index in [0.29, 0.717) is 18.2 Å². The lowest BCUT2D eigenvalue weighted by Gasteiger charge is -2.28. The van der Waals surface area contributed by atoms with Gasteiger partial charge in [0, 0.05) is 25.0 Å². The number of rotatable bonds is 3. The van der Waals surface area contributed by atoms with E-state index >= 15 is 0 Å². The van der Waals surface area contributed by atoms with Gasteiger partial charge in [-0.3, -0.25) is 9.48 Å². The van der Waals surface area contributed by atoms with E-state index in [1.165, 1.54) is 12.8 Å². The highest BCUT2D eigenvalue weighted by Gasteiger charge is 2.23. The number of aromatic nitrogens is 2. The molecule has 1 aromatic heterocycles. The number of amides is 1. The molecular formula is C16H22N4O. The maximum absolute atomic E-state index is 12.4. The fourth-order valence-corrected chi connectivity index (χ4v) is 3.18. The van der Waals surface area contributed by atoms with Gasteiger partial charge in [-0.15, -0.1) is 0 Å². The van der Waals surface area contributed by atoms with E-state index in [-0.39, 0.29) is 11.9 Å². The van der Waals surface area contributed by atoms with Gasteiger partial charge in [0.15, 0.2) is 5.69 Å². The van der Waals surface area contributed by atoms with Crippen LogP contribution >= 0.6 is 0 Å². The summed E-state index contributed by atoms with van der Waals surface area (Å²) in [6.45, 7) is 0.644. The molecule has 0 saturated heterocycles. The molecule has 3 N–H and O–H groups in total. The average Bonchev–Trinajstić information content (AvgIpc) is 2.84. The molecule has 1 amide bonds. The zero-order valence-corrected chi connectivity index (χ0v) is 12.4. The predicted octanol–water partition coefficient (Wildman–Crippen LogP) is 1.82. The molecule has 5 nitrogen and oxygen atoms in total. The third-order valence-electron chi connectivity index (χ3n) is 4.47. The molecule has 112 valence electrons. The smallest absolute Gasteiger partial charge is 0.272 e. The van der Waals surface area contributed by atoms with Gasteiger partial charge in [-0.05, 0) is 24.8 Å². The SMILES string of the molecule is Cn1nc(C(=O)NCC2CCCCC2N)c2ccccc21. The van der Waals surface area contributed by atoms with Gasteiger partial charge in [-0.25, -0.2) is 0 Å². The third-order valence-corrected chi connectivity index (χ3v) is 4.47. The summed E-state index contributed by atoms with van der Waals surface area (Å²) in [4.78, 5) is 12.4. The predicted molar refractivity (Wildman–Crippen MR) is 83.0 cm³/mol. The maximum atomic E-state index is 12.4. The Morgan fingerprint density at radius 1 is 1.38 bits per heavy atom. The summed E-state index contributed by atoms with van der Waals surface area (Å²) < 4.78 is 1.75. The van der Waals surface area contributed by atoms with Crippen molar-refractivity contribution in [3.8, 4) is 0 Å². The molecule has 1 aliphatic rings. The molecule has 1 saturated carbocycles. The van der Waals surface area contributed by atoms with Crippen LogP contribution in [0.1, 0.15) is 36.2 Å². The van der Waals surface area contributed by atoms with Crippen molar-refractivity contribution in [2.75, 3.05) is 6.54 Å². The van der Waals surface area contributed by atoms with E-state index < -0.39 is 0 Å². The van der Waals surface area contributed by atoms with Gasteiger partial charge in [0.1, 0.15) is 0 Å². The fraction of sp³-hybridized carbons (Fsp3) is 0.500. The molecule has 1 aliphatic carbocycles. The van der Waals surface area contributed by atoms with Gasteiger partial charge >= 0.3 is 0 Å². The summed E-state index contributed by atoms with van der Waals surface area (Å²) >= 11 is 0. The molecule has 1 heterocycles. The quantitative estimate of drug-likeness (QED) is 0.904. The zero-order chi connectivity index (χ0) is 14.8. The van der Waals surface area contributed by atoms with Gasteiger partial charge in [0.2, 0.25) is 0 Å². The van der Waals surface area contributed by atoms with Crippen LogP contribution in [0.25, 0.3) is 10.9 Å². The van der Waals surface area contributed by atoms with E-state index in [1.54, 1.807) is 4.68 Å². The second-order valence-corrected chi connectivity index (χ2v) is 5.91. The Hall–Kier alpha value is -1.88. The molecule has 3 rings (SSSR count). The number of hydrogen-bond acceptors (Lipinski definition) is 3. The average molecular weight is 286 g/mol. The highest BCUT2D eigenvalue weighted by molar-refractivity contribution is 6.04. The first kappa shape index (κ1) is 14.1. The monoisotopic (exact) mass is 286 g/mol. The number of nitrogens with two attached hydrogens (primary N) is 1. The number of nitrogens with zero attached hydrogens (tertiary/aromatic N) is 2. The Kier molecular flexibility index (Phi) is 3.92. The second-order valence-electron chi connectivity index (χ2n) is 5.91. The minimum atomic E-state index is -0.107. The van der Waals surface area contributed by atoms with E-state index in [9.17, 15) is 4.79 Å². The van der Waals surface area contributed by atoms with E-state index in [1.807, 2.05) is 31.3 Å². The molecule has 0 spiro atoms. The number of benzene rings is 1. The largest absolute Gasteiger partial charge is 0.350 e. The summed E-state index contributed by atoms with van der Waals surface area (Å²) in [7, 11) is 1.86. The normalized spacial score (nSPS) is 22.4. The molecular weight excluding hydrogens is 264 g/mol. The molecule has 2 unspecified atom stereocenters. The minimum Gasteiger partial charge on any atom is -0.350 e. The zero-order valence-electron chi connectivity index (χ0n) is 12.4. The maximum Gasteiger partial charge on any atom is 0.272 e. The number of aryl methyl sites for hydroxylation is 1. The lowest BCUT2D eigenvalue weighted by Crippen LogP contribution is -2.41. The van der Waals surface area contributed by atoms with Crippen LogP contribution in [-0.4, -0.2) is 28.3 Å². The van der Waals surface area contributed by atoms with Crippen molar-refractivity contribution in [3.05, 3.63) is 30.0 Å². The van der Waals surface area contributed by atoms with Crippen LogP contribution in [0, 0.1) is 5.92 Å². The lowest BCUT2D eigenvalue weighted by molar-refractivity contribution is 0.0937. The van der Waals surface area contributed by atoms with Crippen molar-refractivity contribution in [1.29, 1.82) is 0 Å². The van der Waals surface area contributed by atoms with Gasteiger partial charge in [-0.2, -0.15) is 5.10 Å². The number of hydrogen-bond donors (Lipinski definition) is 2. The summed E-state index contributed by atoms with van der Waals surface area (Å²) in [5, 5.41) is 8.25. The van der Waals surface area contributed by atoms with Gasteiger partial charge in [0.05, 0.1) is 5.52 Å². The van der Waals surface area contributed by atoms with Crippen molar-refractivity contribution in [2.45, 2.75) is 31.7 Å². The number of para-hydroxylation sites is 1. The van der Waals surface area contributed by atoms with Crippen LogP contribution in [0.15, 0.2) is 24.3 Å². The van der Waals surface area contributed by atoms with Crippen LogP contribution in [0.4, 0.5) is 0 Å². The second kappa shape index (κ2) is 5.85. The van der Waals surface area contributed by atoms with Gasteiger partial charge in [0.25, 0.3) is 5.91 Å². The van der Waals surface area contributed by atoms with Crippen molar-refractivity contribution in [1.82, 2.24) is 15.1 Å². The van der Waals surface area contributed by atoms with Crippen molar-refractivity contribution >= 4 is 16.8 Å². The van der Waals surface area contributed by atoms with Crippen LogP contribution in [0.5, 0.6) is 0 Å². The molecule has 1 fully saturated rings. The molecule has 5 heteroatoms. The summed E-state index contributed by atoms with van der Waals surface area (Å²) in [5.41, 5.74) is 7.59. The fourth-order valence-electron chi connectivity index (χ4n) is 3.18. The lowest BCUT2D eigenvalue weighted by atomic mass is 9.85. The van der Waals surface area contributed by atoms with Crippen molar-refractivity contribution < 1.29 is 4.79 Å². The third kappa shape index (κ3) is 2.78. The Balaban J connectivity index is 1.72. The molecule has 2 atom stereocenters. The van der Waals surface area contributed by atoms with Crippen molar-refractivity contribution in [3.63, 3.8) is 0 Å². The summed E-state index contributed by atoms with van der Waals surface area (Å²) in [5.74, 6) is 0.280. The summed E-state index contributed by atoms with van der Waals surface area (Å²) in [6.07, 6.45) is 4.58. The standard InChI is InChI=1S/C16H22N4O/c1-20-14-9-5-3-7-12(14)15(19-20)16(21)18-10-11-6-2-4-8-13(11)17/h3,5,7,9,11,13H,2,4,6,8,10,17H2,1H3,(H,18,21). The topological polar surface area (TPSA) is 72.9 Å². The number of fused-ring (bicyclic) bond motifs is 1. The van der Waals surface area contributed by atoms with E-state index in [4.69, 9.17) is 5.73 Å². The van der Waals surface area contributed by atoms with Crippen LogP contribution in [0.2, 0.25) is 0 Å². The number of nitrogens with one attached hydrogen (secondary N) is 1. The van der Waals surface area contributed by atoms with E-state index in [0.717, 1.165) is 23.7 Å². The first-order valence-corrected chi connectivity index (χ1v) is 7.62. The van der Waals surface area contributed by atoms with E-state index in [2.05, 4.69) is 10.4 Å². The Labute approximate surface area is 124 Å². The van der Waals surface area contributed by atoms with Crippen LogP contribution in [0.3, 0.4) is 0 Å².